The molecular formula is C27H30Cl2FN3O3. The van der Waals surface area contributed by atoms with Gasteiger partial charge in [0.1, 0.15) is 11.2 Å². The maximum Gasteiger partial charge on any atom is 0.238 e. The first-order valence-electron chi connectivity index (χ1n) is 12.2. The van der Waals surface area contributed by atoms with Crippen LogP contribution in [0.4, 0.5) is 10.1 Å². The van der Waals surface area contributed by atoms with Gasteiger partial charge in [0, 0.05) is 28.7 Å². The molecule has 192 valence electrons. The summed E-state index contributed by atoms with van der Waals surface area (Å²) in [5.41, 5.74) is -0.0414. The number of aliphatic hydroxyl groups excluding tert-OH is 1. The number of carbonyl (C=O) groups excluding carboxylic acids is 2. The van der Waals surface area contributed by atoms with Crippen molar-refractivity contribution in [3.8, 4) is 0 Å². The molecule has 5 rings (SSSR count). The van der Waals surface area contributed by atoms with Crippen molar-refractivity contribution < 1.29 is 19.1 Å². The van der Waals surface area contributed by atoms with E-state index in [-0.39, 0.29) is 33.9 Å². The fraction of sp³-hybridized carbons (Fsp3) is 0.481. The molecule has 36 heavy (non-hydrogen) atoms. The molecule has 1 spiro atoms. The summed E-state index contributed by atoms with van der Waals surface area (Å²) >= 11 is 12.5. The second-order valence-electron chi connectivity index (χ2n) is 11.4. The molecule has 1 aliphatic carbocycles. The highest BCUT2D eigenvalue weighted by Crippen LogP contribution is 2.57. The average Bonchev–Trinajstić information content (AvgIpc) is 3.23. The molecule has 0 bridgehead atoms. The van der Waals surface area contributed by atoms with Crippen molar-refractivity contribution in [1.29, 1.82) is 0 Å². The fourth-order valence-corrected chi connectivity index (χ4v) is 6.50. The molecule has 1 saturated heterocycles. The number of nitrogens with one attached hydrogen (secondary N) is 3. The van der Waals surface area contributed by atoms with Gasteiger partial charge in [-0.25, -0.2) is 4.39 Å². The van der Waals surface area contributed by atoms with Gasteiger partial charge in [0.15, 0.2) is 0 Å². The van der Waals surface area contributed by atoms with E-state index < -0.39 is 35.3 Å². The lowest BCUT2D eigenvalue weighted by Crippen LogP contribution is -2.53. The topological polar surface area (TPSA) is 90.5 Å². The summed E-state index contributed by atoms with van der Waals surface area (Å²) in [6, 6.07) is 8.33. The largest absolute Gasteiger partial charge is 0.393 e. The van der Waals surface area contributed by atoms with E-state index >= 15 is 4.39 Å². The summed E-state index contributed by atoms with van der Waals surface area (Å²) < 4.78 is 15.7. The van der Waals surface area contributed by atoms with E-state index in [2.05, 4.69) is 36.7 Å². The summed E-state index contributed by atoms with van der Waals surface area (Å²) in [7, 11) is 0. The maximum atomic E-state index is 15.7. The van der Waals surface area contributed by atoms with Crippen molar-refractivity contribution in [2.75, 3.05) is 5.32 Å². The number of hydrogen-bond donors (Lipinski definition) is 4. The van der Waals surface area contributed by atoms with E-state index in [1.165, 1.54) is 6.07 Å². The van der Waals surface area contributed by atoms with Crippen LogP contribution in [-0.4, -0.2) is 41.2 Å². The predicted octanol–water partition coefficient (Wildman–Crippen LogP) is 4.52. The Kier molecular flexibility index (Phi) is 6.35. The third-order valence-corrected chi connectivity index (χ3v) is 8.21. The van der Waals surface area contributed by atoms with Crippen LogP contribution >= 0.6 is 23.2 Å². The molecule has 6 nitrogen and oxygen atoms in total. The number of rotatable bonds is 4. The Bertz CT molecular complexity index is 1230. The molecular weight excluding hydrogens is 504 g/mol. The standard InChI is InChI=1S/C27H30Cl2FN3O3/c1-26(2,3)12-20-27(17-8-7-13(28)9-19(17)32-25(27)36)21(16-5-4-6-18(29)22(16)30)23(33-20)24(35)31-14-10-15(34)11-14/h4-9,14-15,20-21,23,33-34H,10-12H2,1-3H3,(H,31,35)(H,32,36)/t14-,15-,20-,21+,23-,27+/m1/s1. The van der Waals surface area contributed by atoms with Crippen molar-refractivity contribution >= 4 is 40.7 Å². The summed E-state index contributed by atoms with van der Waals surface area (Å²) in [5.74, 6) is -2.16. The first kappa shape index (κ1) is 25.5. The molecule has 2 aliphatic heterocycles. The number of aliphatic hydroxyl groups is 1. The van der Waals surface area contributed by atoms with E-state index in [1.807, 2.05) is 0 Å². The molecule has 2 fully saturated rings. The molecule has 3 aliphatic rings. The monoisotopic (exact) mass is 533 g/mol. The molecule has 2 amide bonds. The van der Waals surface area contributed by atoms with E-state index in [4.69, 9.17) is 23.2 Å². The number of amides is 2. The summed E-state index contributed by atoms with van der Waals surface area (Å²) in [4.78, 5) is 27.7. The van der Waals surface area contributed by atoms with E-state index in [9.17, 15) is 14.7 Å². The molecule has 0 aromatic heterocycles. The third kappa shape index (κ3) is 4.10. The number of anilines is 1. The van der Waals surface area contributed by atoms with Crippen molar-refractivity contribution in [3.05, 3.63) is 63.4 Å². The van der Waals surface area contributed by atoms with Crippen molar-refractivity contribution in [2.45, 2.75) is 75.6 Å². The number of benzene rings is 2. The predicted molar refractivity (Wildman–Crippen MR) is 138 cm³/mol. The summed E-state index contributed by atoms with van der Waals surface area (Å²) in [6.45, 7) is 6.20. The van der Waals surface area contributed by atoms with E-state index in [1.54, 1.807) is 30.3 Å². The van der Waals surface area contributed by atoms with Crippen LogP contribution < -0.4 is 16.0 Å². The minimum Gasteiger partial charge on any atom is -0.393 e. The van der Waals surface area contributed by atoms with Gasteiger partial charge in [0.05, 0.1) is 17.2 Å². The molecule has 1 saturated carbocycles. The van der Waals surface area contributed by atoms with Gasteiger partial charge >= 0.3 is 0 Å². The Labute approximate surface area is 219 Å². The van der Waals surface area contributed by atoms with Crippen molar-refractivity contribution in [3.63, 3.8) is 0 Å². The smallest absolute Gasteiger partial charge is 0.238 e. The molecule has 4 N–H and O–H groups in total. The molecule has 9 heteroatoms. The first-order valence-corrected chi connectivity index (χ1v) is 13.0. The maximum absolute atomic E-state index is 15.7. The Hall–Kier alpha value is -2.19. The number of hydrogen-bond acceptors (Lipinski definition) is 4. The lowest BCUT2D eigenvalue weighted by molar-refractivity contribution is -0.125. The van der Waals surface area contributed by atoms with Crippen molar-refractivity contribution in [2.24, 2.45) is 5.41 Å². The quantitative estimate of drug-likeness (QED) is 0.465. The van der Waals surface area contributed by atoms with Gasteiger partial charge < -0.3 is 21.1 Å². The number of fused-ring (bicyclic) bond motifs is 2. The zero-order valence-corrected chi connectivity index (χ0v) is 21.9. The normalized spacial score (nSPS) is 31.2. The SMILES string of the molecule is CC(C)(C)C[C@H]1N[C@@H](C(=O)N[C@H]2C[C@H](O)C2)[C@H](c2cccc(Cl)c2F)[C@@]12C(=O)Nc1cc(Cl)ccc12. The number of halogens is 3. The summed E-state index contributed by atoms with van der Waals surface area (Å²) in [6.07, 6.45) is 1.04. The Morgan fingerprint density at radius 1 is 1.22 bits per heavy atom. The molecule has 4 atom stereocenters. The van der Waals surface area contributed by atoms with Crippen LogP contribution in [0.2, 0.25) is 10.0 Å². The van der Waals surface area contributed by atoms with Crippen LogP contribution in [-0.2, 0) is 15.0 Å². The molecule has 0 unspecified atom stereocenters. The van der Waals surface area contributed by atoms with Gasteiger partial charge in [-0.1, -0.05) is 62.2 Å². The second-order valence-corrected chi connectivity index (χ2v) is 12.3. The zero-order chi connectivity index (χ0) is 26.0. The van der Waals surface area contributed by atoms with Crippen molar-refractivity contribution in [1.82, 2.24) is 10.6 Å². The van der Waals surface area contributed by atoms with Crippen LogP contribution in [0.3, 0.4) is 0 Å². The van der Waals surface area contributed by atoms with Crippen LogP contribution in [0.25, 0.3) is 0 Å². The highest BCUT2D eigenvalue weighted by molar-refractivity contribution is 6.31. The van der Waals surface area contributed by atoms with Crippen LogP contribution in [0, 0.1) is 11.2 Å². The number of carbonyl (C=O) groups is 2. The Balaban J connectivity index is 1.71. The third-order valence-electron chi connectivity index (χ3n) is 7.68. The van der Waals surface area contributed by atoms with Gasteiger partial charge in [-0.2, -0.15) is 0 Å². The molecule has 2 aromatic rings. The van der Waals surface area contributed by atoms with Gasteiger partial charge in [0.25, 0.3) is 0 Å². The first-order chi connectivity index (χ1) is 16.9. The fourth-order valence-electron chi connectivity index (χ4n) is 6.15. The lowest BCUT2D eigenvalue weighted by atomic mass is 9.62. The van der Waals surface area contributed by atoms with Crippen LogP contribution in [0.5, 0.6) is 0 Å². The minimum absolute atomic E-state index is 0.0714. The van der Waals surface area contributed by atoms with Gasteiger partial charge in [-0.15, -0.1) is 0 Å². The average molecular weight is 534 g/mol. The van der Waals surface area contributed by atoms with Crippen LogP contribution in [0.1, 0.15) is 57.1 Å². The Morgan fingerprint density at radius 2 is 1.94 bits per heavy atom. The van der Waals surface area contributed by atoms with Gasteiger partial charge in [-0.3, -0.25) is 9.59 Å². The Morgan fingerprint density at radius 3 is 2.61 bits per heavy atom. The highest BCUT2D eigenvalue weighted by Gasteiger charge is 2.66. The highest BCUT2D eigenvalue weighted by atomic mass is 35.5. The summed E-state index contributed by atoms with van der Waals surface area (Å²) in [5, 5.41) is 19.5. The minimum atomic E-state index is -1.28. The zero-order valence-electron chi connectivity index (χ0n) is 20.4. The lowest BCUT2D eigenvalue weighted by Gasteiger charge is -2.38. The van der Waals surface area contributed by atoms with Gasteiger partial charge in [-0.05, 0) is 54.0 Å². The molecule has 2 aromatic carbocycles. The van der Waals surface area contributed by atoms with Crippen LogP contribution in [0.15, 0.2) is 36.4 Å². The van der Waals surface area contributed by atoms with E-state index in [0.29, 0.717) is 35.5 Å². The second kappa shape index (κ2) is 8.98. The molecule has 2 heterocycles. The van der Waals surface area contributed by atoms with Gasteiger partial charge in [0.2, 0.25) is 11.8 Å². The van der Waals surface area contributed by atoms with E-state index in [0.717, 1.165) is 0 Å². The molecule has 0 radical (unpaired) electrons.